The van der Waals surface area contributed by atoms with E-state index < -0.39 is 10.4 Å². The molecule has 0 fully saturated rings. The van der Waals surface area contributed by atoms with Crippen molar-refractivity contribution in [2.24, 2.45) is 24.3 Å². The van der Waals surface area contributed by atoms with Gasteiger partial charge in [0, 0.05) is 24.6 Å². The zero-order valence-electron chi connectivity index (χ0n) is 18.0. The predicted octanol–water partition coefficient (Wildman–Crippen LogP) is 3.14. The number of aromatic nitrogens is 3. The second kappa shape index (κ2) is 9.56. The Labute approximate surface area is 188 Å². The Hall–Kier alpha value is -3.13. The van der Waals surface area contributed by atoms with E-state index in [2.05, 4.69) is 31.6 Å². The second-order valence-electron chi connectivity index (χ2n) is 6.40. The summed E-state index contributed by atoms with van der Waals surface area (Å²) in [5.74, 6) is 1.29. The molecule has 0 radical (unpaired) electrons. The van der Waals surface area contributed by atoms with E-state index in [1.54, 1.807) is 31.6 Å². The van der Waals surface area contributed by atoms with Crippen LogP contribution in [-0.2, 0) is 28.7 Å². The van der Waals surface area contributed by atoms with Gasteiger partial charge in [0.05, 0.1) is 49.9 Å². The highest BCUT2D eigenvalue weighted by Crippen LogP contribution is 2.33. The Kier molecular flexibility index (Phi) is 7.03. The lowest BCUT2D eigenvalue weighted by Gasteiger charge is -2.06. The molecule has 4 rings (SSSR count). The van der Waals surface area contributed by atoms with E-state index in [4.69, 9.17) is 9.47 Å². The molecule has 0 unspecified atom stereocenters. The van der Waals surface area contributed by atoms with Gasteiger partial charge in [-0.15, -0.1) is 0 Å². The van der Waals surface area contributed by atoms with Crippen molar-refractivity contribution >= 4 is 53.7 Å². The number of nitrogens with zero attached hydrogens (tertiary/aromatic N) is 5. The first-order chi connectivity index (χ1) is 15.2. The molecule has 2 aromatic carbocycles. The summed E-state index contributed by atoms with van der Waals surface area (Å²) in [7, 11) is 3.54. The van der Waals surface area contributed by atoms with Gasteiger partial charge >= 0.3 is 5.13 Å². The monoisotopic (exact) mass is 479 g/mol. The average molecular weight is 480 g/mol. The van der Waals surface area contributed by atoms with Crippen molar-refractivity contribution in [3.63, 3.8) is 0 Å². The van der Waals surface area contributed by atoms with E-state index >= 15 is 0 Å². The van der Waals surface area contributed by atoms with E-state index in [1.807, 2.05) is 41.7 Å². The molecule has 2 aromatic heterocycles. The van der Waals surface area contributed by atoms with Crippen LogP contribution in [0.3, 0.4) is 0 Å². The van der Waals surface area contributed by atoms with Gasteiger partial charge in [0.1, 0.15) is 11.2 Å². The maximum Gasteiger partial charge on any atom is 0.409 e. The number of aryl methyl sites for hydroxylation is 2. The fourth-order valence-electron chi connectivity index (χ4n) is 2.86. The van der Waals surface area contributed by atoms with Gasteiger partial charge in [-0.1, -0.05) is 0 Å². The van der Waals surface area contributed by atoms with Crippen molar-refractivity contribution in [1.82, 2.24) is 9.78 Å². The average Bonchev–Trinajstić information content (AvgIpc) is 3.29. The summed E-state index contributed by atoms with van der Waals surface area (Å²) >= 11 is 1.59. The second-order valence-corrected chi connectivity index (χ2v) is 8.56. The van der Waals surface area contributed by atoms with Gasteiger partial charge in [-0.25, -0.2) is 13.0 Å². The molecule has 11 nitrogen and oxygen atoms in total. The van der Waals surface area contributed by atoms with Crippen LogP contribution in [0.5, 0.6) is 11.5 Å². The number of azo groups is 1. The van der Waals surface area contributed by atoms with E-state index in [0.29, 0.717) is 17.2 Å². The van der Waals surface area contributed by atoms with Crippen molar-refractivity contribution < 1.29 is 31.2 Å². The fourth-order valence-corrected chi connectivity index (χ4v) is 3.86. The first-order valence-electron chi connectivity index (χ1n) is 9.06. The van der Waals surface area contributed by atoms with Gasteiger partial charge in [0.25, 0.3) is 0 Å². The lowest BCUT2D eigenvalue weighted by Crippen LogP contribution is -2.25. The van der Waals surface area contributed by atoms with Crippen LogP contribution in [0, 0.1) is 0 Å². The minimum Gasteiger partial charge on any atom is -0.726 e. The Balaban J connectivity index is 0.000000427. The molecule has 0 saturated carbocycles. The molecule has 0 aliphatic heterocycles. The zero-order valence-corrected chi connectivity index (χ0v) is 19.6. The van der Waals surface area contributed by atoms with Gasteiger partial charge in [0.2, 0.25) is 10.4 Å². The van der Waals surface area contributed by atoms with Gasteiger partial charge in [-0.3, -0.25) is 8.86 Å². The van der Waals surface area contributed by atoms with Crippen LogP contribution in [0.2, 0.25) is 0 Å². The van der Waals surface area contributed by atoms with Crippen LogP contribution < -0.4 is 14.0 Å². The van der Waals surface area contributed by atoms with Crippen molar-refractivity contribution in [3.8, 4) is 11.5 Å². The first-order valence-corrected chi connectivity index (χ1v) is 11.2. The summed E-state index contributed by atoms with van der Waals surface area (Å²) in [5.41, 5.74) is 2.90. The van der Waals surface area contributed by atoms with Gasteiger partial charge in [0.15, 0.2) is 11.5 Å². The van der Waals surface area contributed by atoms with E-state index in [9.17, 15) is 13.0 Å². The molecule has 0 amide bonds. The van der Waals surface area contributed by atoms with Crippen LogP contribution in [-0.4, -0.2) is 44.1 Å². The van der Waals surface area contributed by atoms with Crippen molar-refractivity contribution in [3.05, 3.63) is 36.5 Å². The lowest BCUT2D eigenvalue weighted by atomic mass is 10.2. The largest absolute Gasteiger partial charge is 0.726 e. The molecule has 13 heteroatoms. The zero-order chi connectivity index (χ0) is 23.5. The highest BCUT2D eigenvalue weighted by molar-refractivity contribution is 7.80. The van der Waals surface area contributed by atoms with Gasteiger partial charge < -0.3 is 14.0 Å². The molecule has 170 valence electrons. The molecule has 0 spiro atoms. The smallest absolute Gasteiger partial charge is 0.409 e. The third-order valence-electron chi connectivity index (χ3n) is 4.50. The third kappa shape index (κ3) is 5.19. The highest BCUT2D eigenvalue weighted by atomic mass is 32.3. The Morgan fingerprint density at radius 1 is 1.09 bits per heavy atom. The van der Waals surface area contributed by atoms with Crippen molar-refractivity contribution in [1.29, 1.82) is 0 Å². The molecule has 0 bridgehead atoms. The Morgan fingerprint density at radius 2 is 1.78 bits per heavy atom. The SMILES string of the molecule is COS(=O)(=O)[O-].COc1ccc(N=Nc2sc3cc4cnn(C)c4cc3[n+]2C)cc1OC. The van der Waals surface area contributed by atoms with E-state index in [-0.39, 0.29) is 0 Å². The Bertz CT molecular complexity index is 1390. The third-order valence-corrected chi connectivity index (χ3v) is 5.99. The molecule has 0 atom stereocenters. The number of rotatable bonds is 5. The van der Waals surface area contributed by atoms with Crippen molar-refractivity contribution in [2.45, 2.75) is 0 Å². The van der Waals surface area contributed by atoms with Crippen LogP contribution in [0.4, 0.5) is 10.8 Å². The number of ether oxygens (including phenoxy) is 2. The van der Waals surface area contributed by atoms with E-state index in [1.165, 1.54) is 0 Å². The van der Waals surface area contributed by atoms with Crippen LogP contribution in [0.1, 0.15) is 0 Å². The number of hydrogen-bond donors (Lipinski definition) is 0. The van der Waals surface area contributed by atoms with Crippen molar-refractivity contribution in [2.75, 3.05) is 21.3 Å². The maximum absolute atomic E-state index is 9.22. The first kappa shape index (κ1) is 23.5. The molecule has 0 saturated heterocycles. The maximum atomic E-state index is 9.22. The highest BCUT2D eigenvalue weighted by Gasteiger charge is 2.18. The summed E-state index contributed by atoms with van der Waals surface area (Å²) in [6.45, 7) is 0. The number of methoxy groups -OCH3 is 2. The molecule has 4 aromatic rings. The van der Waals surface area contributed by atoms with Crippen LogP contribution in [0.15, 0.2) is 46.8 Å². The summed E-state index contributed by atoms with van der Waals surface area (Å²) in [5, 5.41) is 15.0. The summed E-state index contributed by atoms with van der Waals surface area (Å²) < 4.78 is 46.6. The predicted molar refractivity (Wildman–Crippen MR) is 118 cm³/mol. The number of benzene rings is 2. The van der Waals surface area contributed by atoms with Gasteiger partial charge in [-0.2, -0.15) is 5.10 Å². The topological polar surface area (TPSA) is 131 Å². The molecule has 32 heavy (non-hydrogen) atoms. The minimum atomic E-state index is -4.41. The quantitative estimate of drug-likeness (QED) is 0.186. The molecule has 2 heterocycles. The van der Waals surface area contributed by atoms with Crippen LogP contribution >= 0.6 is 11.3 Å². The Morgan fingerprint density at radius 3 is 2.41 bits per heavy atom. The van der Waals surface area contributed by atoms with Gasteiger partial charge in [-0.05, 0) is 34.7 Å². The molecular weight excluding hydrogens is 458 g/mol. The standard InChI is InChI=1S/C18H18N5O2S.CH4O4S/c1-22-14-9-13-11(10-19-23(13)2)7-17(14)26-18(22)21-20-12-5-6-15(24-3)16(8-12)25-4;1-5-6(2,3)4/h5-10H,1-4H3;1H3,(H,2,3,4)/q+1;/p-1. The molecular formula is C19H21N5O6S2. The van der Waals surface area contributed by atoms with Crippen LogP contribution in [0.25, 0.3) is 21.1 Å². The normalized spacial score (nSPS) is 11.7. The molecule has 0 N–H and O–H groups in total. The molecule has 0 aliphatic rings. The molecule has 0 aliphatic carbocycles. The number of hydrogen-bond acceptors (Lipinski definition) is 10. The number of thiazole rings is 1. The summed E-state index contributed by atoms with van der Waals surface area (Å²) in [6, 6.07) is 9.73. The summed E-state index contributed by atoms with van der Waals surface area (Å²) in [4.78, 5) is 0. The van der Waals surface area contributed by atoms with E-state index in [0.717, 1.165) is 33.4 Å². The lowest BCUT2D eigenvalue weighted by molar-refractivity contribution is -0.627. The summed E-state index contributed by atoms with van der Waals surface area (Å²) in [6.07, 6.45) is 1.87. The number of fused-ring (bicyclic) bond motifs is 2. The fraction of sp³-hybridized carbons (Fsp3) is 0.263. The minimum absolute atomic E-state index is 0.628.